The maximum atomic E-state index is 12.7. The first-order chi connectivity index (χ1) is 10.7. The summed E-state index contributed by atoms with van der Waals surface area (Å²) >= 11 is 0. The fraction of sp³-hybridized carbons (Fsp3) is 0.850. The van der Waals surface area contributed by atoms with Crippen molar-refractivity contribution in [1.29, 1.82) is 0 Å². The molecule has 4 aliphatic rings. The van der Waals surface area contributed by atoms with Crippen molar-refractivity contribution in [2.24, 2.45) is 11.3 Å². The van der Waals surface area contributed by atoms with Crippen molar-refractivity contribution in [3.05, 3.63) is 11.1 Å². The second-order valence-corrected chi connectivity index (χ2v) is 9.34. The normalized spacial score (nSPS) is 52.1. The Balaban J connectivity index is 1.68. The van der Waals surface area contributed by atoms with Gasteiger partial charge in [0.2, 0.25) is 0 Å². The van der Waals surface area contributed by atoms with Crippen LogP contribution in [0.3, 0.4) is 0 Å². The summed E-state index contributed by atoms with van der Waals surface area (Å²) in [6.45, 7) is 11.0. The van der Waals surface area contributed by atoms with Crippen molar-refractivity contribution in [3.63, 3.8) is 0 Å². The Labute approximate surface area is 139 Å². The number of rotatable bonds is 0. The van der Waals surface area contributed by atoms with Crippen molar-refractivity contribution in [2.75, 3.05) is 0 Å². The molecule has 3 nitrogen and oxygen atoms in total. The van der Waals surface area contributed by atoms with E-state index in [2.05, 4.69) is 34.6 Å². The highest BCUT2D eigenvalue weighted by Gasteiger charge is 2.61. The predicted molar refractivity (Wildman–Crippen MR) is 89.2 cm³/mol. The van der Waals surface area contributed by atoms with Gasteiger partial charge in [0.1, 0.15) is 0 Å². The Kier molecular flexibility index (Phi) is 3.23. The lowest BCUT2D eigenvalue weighted by atomic mass is 9.71. The summed E-state index contributed by atoms with van der Waals surface area (Å²) in [6, 6.07) is 0. The number of hydrogen-bond donors (Lipinski definition) is 0. The van der Waals surface area contributed by atoms with Gasteiger partial charge in [0, 0.05) is 6.42 Å². The van der Waals surface area contributed by atoms with Gasteiger partial charge in [-0.15, -0.1) is 0 Å². The Morgan fingerprint density at radius 1 is 1.00 bits per heavy atom. The highest BCUT2D eigenvalue weighted by molar-refractivity contribution is 5.99. The number of ketones is 1. The van der Waals surface area contributed by atoms with E-state index >= 15 is 0 Å². The van der Waals surface area contributed by atoms with Gasteiger partial charge >= 0.3 is 0 Å². The lowest BCUT2D eigenvalue weighted by molar-refractivity contribution is -0.115. The maximum absolute atomic E-state index is 12.7. The molecule has 0 spiro atoms. The molecule has 0 radical (unpaired) electrons. The molecule has 23 heavy (non-hydrogen) atoms. The average Bonchev–Trinajstić information content (AvgIpc) is 3.24. The minimum absolute atomic E-state index is 0.0154. The van der Waals surface area contributed by atoms with Crippen LogP contribution >= 0.6 is 0 Å². The van der Waals surface area contributed by atoms with Crippen LogP contribution in [0, 0.1) is 11.3 Å². The third kappa shape index (κ3) is 2.42. The zero-order valence-corrected chi connectivity index (χ0v) is 15.2. The minimum Gasteiger partial charge on any atom is -0.366 e. The molecule has 0 N–H and O–H groups in total. The Bertz CT molecular complexity index is 590. The number of hydrogen-bond acceptors (Lipinski definition) is 3. The van der Waals surface area contributed by atoms with Gasteiger partial charge < -0.3 is 9.47 Å². The quantitative estimate of drug-likeness (QED) is 0.496. The first-order valence-electron chi connectivity index (χ1n) is 9.23. The molecule has 4 fully saturated rings. The summed E-state index contributed by atoms with van der Waals surface area (Å²) in [7, 11) is 0. The molecule has 3 heteroatoms. The van der Waals surface area contributed by atoms with Crippen LogP contribution in [-0.2, 0) is 14.3 Å². The topological polar surface area (TPSA) is 42.1 Å². The molecule has 2 heterocycles. The minimum atomic E-state index is 0.0154. The Morgan fingerprint density at radius 3 is 2.30 bits per heavy atom. The van der Waals surface area contributed by atoms with E-state index in [1.54, 1.807) is 0 Å². The van der Waals surface area contributed by atoms with Crippen LogP contribution in [0.15, 0.2) is 11.1 Å². The van der Waals surface area contributed by atoms with Gasteiger partial charge in [0.05, 0.1) is 23.4 Å². The number of ether oxygens (including phenoxy) is 2. The van der Waals surface area contributed by atoms with Crippen LogP contribution in [0.2, 0.25) is 0 Å². The summed E-state index contributed by atoms with van der Waals surface area (Å²) in [4.78, 5) is 12.7. The molecule has 2 saturated carbocycles. The van der Waals surface area contributed by atoms with Gasteiger partial charge in [-0.3, -0.25) is 4.79 Å². The second-order valence-electron chi connectivity index (χ2n) is 9.34. The largest absolute Gasteiger partial charge is 0.366 e. The Hall–Kier alpha value is -0.670. The maximum Gasteiger partial charge on any atom is 0.159 e. The fourth-order valence-electron chi connectivity index (χ4n) is 5.38. The van der Waals surface area contributed by atoms with E-state index in [4.69, 9.17) is 9.47 Å². The third-order valence-corrected chi connectivity index (χ3v) is 7.15. The van der Waals surface area contributed by atoms with E-state index in [0.717, 1.165) is 37.7 Å². The van der Waals surface area contributed by atoms with Crippen molar-refractivity contribution >= 4 is 5.78 Å². The van der Waals surface area contributed by atoms with E-state index in [1.807, 2.05) is 0 Å². The summed E-state index contributed by atoms with van der Waals surface area (Å²) in [6.07, 6.45) is 6.77. The molecule has 0 aromatic carbocycles. The zero-order valence-electron chi connectivity index (χ0n) is 15.2. The molecule has 0 aromatic rings. The van der Waals surface area contributed by atoms with Gasteiger partial charge in [-0.05, 0) is 76.7 Å². The number of carbonyl (C=O) groups excluding carboxylic acids is 1. The second kappa shape index (κ2) is 4.70. The summed E-state index contributed by atoms with van der Waals surface area (Å²) in [5.41, 5.74) is 2.41. The number of Topliss-reactive ketones (excluding diaryl/α,β-unsaturated/α-hetero) is 1. The van der Waals surface area contributed by atoms with Crippen LogP contribution in [-0.4, -0.2) is 29.2 Å². The van der Waals surface area contributed by atoms with E-state index in [9.17, 15) is 4.79 Å². The summed E-state index contributed by atoms with van der Waals surface area (Å²) in [5, 5.41) is 0. The summed E-state index contributed by atoms with van der Waals surface area (Å²) in [5.74, 6) is 0.739. The van der Waals surface area contributed by atoms with Gasteiger partial charge in [-0.1, -0.05) is 12.5 Å². The van der Waals surface area contributed by atoms with E-state index in [0.29, 0.717) is 30.3 Å². The molecule has 0 unspecified atom stereocenters. The van der Waals surface area contributed by atoms with Gasteiger partial charge in [-0.25, -0.2) is 0 Å². The van der Waals surface area contributed by atoms with E-state index in [-0.39, 0.29) is 16.6 Å². The van der Waals surface area contributed by atoms with E-state index < -0.39 is 0 Å². The molecule has 2 aliphatic carbocycles. The van der Waals surface area contributed by atoms with Crippen LogP contribution in [0.1, 0.15) is 73.1 Å². The molecule has 2 saturated heterocycles. The van der Waals surface area contributed by atoms with Crippen LogP contribution in [0.25, 0.3) is 0 Å². The molecule has 6 atom stereocenters. The molecular weight excluding hydrogens is 288 g/mol. The smallest absolute Gasteiger partial charge is 0.159 e. The van der Waals surface area contributed by atoms with Crippen molar-refractivity contribution in [1.82, 2.24) is 0 Å². The predicted octanol–water partition coefficient (Wildman–Crippen LogP) is 4.20. The van der Waals surface area contributed by atoms with Crippen LogP contribution in [0.5, 0.6) is 0 Å². The molecular formula is C20H30O3. The lowest BCUT2D eigenvalue weighted by Gasteiger charge is -2.32. The van der Waals surface area contributed by atoms with Crippen molar-refractivity contribution in [3.8, 4) is 0 Å². The highest BCUT2D eigenvalue weighted by Crippen LogP contribution is 2.58. The molecule has 4 rings (SSSR count). The van der Waals surface area contributed by atoms with Crippen molar-refractivity contribution in [2.45, 2.75) is 96.6 Å². The molecule has 0 amide bonds. The van der Waals surface area contributed by atoms with Gasteiger partial charge in [0.15, 0.2) is 5.78 Å². The Morgan fingerprint density at radius 2 is 1.61 bits per heavy atom. The third-order valence-electron chi connectivity index (χ3n) is 7.15. The highest BCUT2D eigenvalue weighted by atomic mass is 16.6. The molecule has 0 aromatic heterocycles. The van der Waals surface area contributed by atoms with Gasteiger partial charge in [-0.2, -0.15) is 0 Å². The molecule has 2 aliphatic heterocycles. The molecule has 128 valence electrons. The van der Waals surface area contributed by atoms with Crippen LogP contribution < -0.4 is 0 Å². The van der Waals surface area contributed by atoms with E-state index in [1.165, 1.54) is 5.57 Å². The number of fused-ring (bicyclic) bond motifs is 3. The number of epoxide rings is 2. The standard InChI is InChI=1S/C20H30O3/c1-12(2)17-13-6-8-19(4)15(22-19)7-9-20(5)16(23-20)11-18(13,3)10-14(17)21/h13,15-16H,6-11H2,1-5H3/t13-,15+,16+,18+,19-,20-/m1/s1. The number of carbonyl (C=O) groups is 1. The average molecular weight is 318 g/mol. The SMILES string of the molecule is CC(C)=C1C(=O)C[C@@]2(C)C[C@@H]3O[C@]3(C)CC[C@@H]3O[C@]3(C)CC[C@H]12. The first kappa shape index (κ1) is 15.8. The van der Waals surface area contributed by atoms with Gasteiger partial charge in [0.25, 0.3) is 0 Å². The zero-order chi connectivity index (χ0) is 16.6. The summed E-state index contributed by atoms with van der Waals surface area (Å²) < 4.78 is 12.1. The van der Waals surface area contributed by atoms with Crippen molar-refractivity contribution < 1.29 is 14.3 Å². The first-order valence-corrected chi connectivity index (χ1v) is 9.23. The lowest BCUT2D eigenvalue weighted by Crippen LogP contribution is -2.27. The molecule has 0 bridgehead atoms. The number of allylic oxidation sites excluding steroid dienone is 2. The monoisotopic (exact) mass is 318 g/mol. The van der Waals surface area contributed by atoms with Crippen LogP contribution in [0.4, 0.5) is 0 Å². The fourth-order valence-corrected chi connectivity index (χ4v) is 5.38.